The molecule has 0 bridgehead atoms. The van der Waals surface area contributed by atoms with Crippen molar-refractivity contribution in [3.05, 3.63) is 34.9 Å². The highest BCUT2D eigenvalue weighted by atomic mass is 35.5. The first kappa shape index (κ1) is 13.4. The van der Waals surface area contributed by atoms with Crippen molar-refractivity contribution >= 4 is 17.5 Å². The van der Waals surface area contributed by atoms with Crippen LogP contribution >= 0.6 is 11.6 Å². The van der Waals surface area contributed by atoms with Gasteiger partial charge in [-0.15, -0.1) is 0 Å². The van der Waals surface area contributed by atoms with Crippen molar-refractivity contribution in [3.63, 3.8) is 0 Å². The van der Waals surface area contributed by atoms with Gasteiger partial charge in [-0.05, 0) is 37.9 Å². The summed E-state index contributed by atoms with van der Waals surface area (Å²) >= 11 is 6.14. The molecule has 1 fully saturated rings. The van der Waals surface area contributed by atoms with E-state index >= 15 is 0 Å². The molecule has 1 saturated heterocycles. The molecular weight excluding hydrogens is 248 g/mol. The van der Waals surface area contributed by atoms with Crippen LogP contribution in [0.5, 0.6) is 0 Å². The van der Waals surface area contributed by atoms with Crippen molar-refractivity contribution < 1.29 is 4.79 Å². The summed E-state index contributed by atoms with van der Waals surface area (Å²) < 4.78 is 0. The molecule has 0 unspecified atom stereocenters. The molecule has 3 nitrogen and oxygen atoms in total. The Bertz CT molecular complexity index is 416. The van der Waals surface area contributed by atoms with E-state index in [-0.39, 0.29) is 11.9 Å². The van der Waals surface area contributed by atoms with Crippen LogP contribution in [-0.4, -0.2) is 29.9 Å². The van der Waals surface area contributed by atoms with Gasteiger partial charge in [0.2, 0.25) is 5.91 Å². The van der Waals surface area contributed by atoms with Crippen LogP contribution in [0, 0.1) is 0 Å². The fourth-order valence-corrected chi connectivity index (χ4v) is 2.49. The number of hydrogen-bond acceptors (Lipinski definition) is 2. The largest absolute Gasteiger partial charge is 0.337 e. The average Bonchev–Trinajstić information content (AvgIpc) is 2.91. The molecule has 0 saturated carbocycles. The summed E-state index contributed by atoms with van der Waals surface area (Å²) in [4.78, 5) is 14.2. The third-order valence-electron chi connectivity index (χ3n) is 3.37. The van der Waals surface area contributed by atoms with Gasteiger partial charge in [0.1, 0.15) is 0 Å². The molecule has 1 heterocycles. The van der Waals surface area contributed by atoms with Gasteiger partial charge in [-0.25, -0.2) is 0 Å². The van der Waals surface area contributed by atoms with Gasteiger partial charge in [0.15, 0.2) is 0 Å². The molecule has 0 spiro atoms. The summed E-state index contributed by atoms with van der Waals surface area (Å²) in [6.07, 6.45) is 2.03. The molecule has 1 aromatic carbocycles. The quantitative estimate of drug-likeness (QED) is 0.908. The van der Waals surface area contributed by atoms with E-state index in [2.05, 4.69) is 5.32 Å². The van der Waals surface area contributed by atoms with E-state index in [1.807, 2.05) is 36.1 Å². The van der Waals surface area contributed by atoms with Crippen LogP contribution < -0.4 is 5.32 Å². The number of benzene rings is 1. The number of amides is 1. The van der Waals surface area contributed by atoms with E-state index in [0.29, 0.717) is 13.1 Å². The van der Waals surface area contributed by atoms with Crippen LogP contribution in [0.1, 0.15) is 25.3 Å². The van der Waals surface area contributed by atoms with Crippen molar-refractivity contribution in [2.75, 3.05) is 13.1 Å². The van der Waals surface area contributed by atoms with Gasteiger partial charge in [0.05, 0.1) is 6.04 Å². The maximum atomic E-state index is 12.3. The lowest BCUT2D eigenvalue weighted by atomic mass is 10.1. The summed E-state index contributed by atoms with van der Waals surface area (Å²) in [5, 5.41) is 3.97. The Hall–Kier alpha value is -1.06. The minimum absolute atomic E-state index is 0.00700. The molecule has 2 rings (SSSR count). The summed E-state index contributed by atoms with van der Waals surface area (Å²) in [6.45, 7) is 4.25. The second kappa shape index (κ2) is 6.21. The molecule has 1 aliphatic rings. The summed E-state index contributed by atoms with van der Waals surface area (Å²) in [6, 6.07) is 7.69. The monoisotopic (exact) mass is 266 g/mol. The van der Waals surface area contributed by atoms with E-state index in [1.165, 1.54) is 0 Å². The first-order chi connectivity index (χ1) is 8.72. The van der Waals surface area contributed by atoms with Crippen molar-refractivity contribution in [1.29, 1.82) is 0 Å². The predicted molar refractivity (Wildman–Crippen MR) is 73.6 cm³/mol. The highest BCUT2D eigenvalue weighted by Gasteiger charge is 2.26. The van der Waals surface area contributed by atoms with E-state index in [9.17, 15) is 4.79 Å². The van der Waals surface area contributed by atoms with E-state index in [0.717, 1.165) is 30.0 Å². The lowest BCUT2D eigenvalue weighted by Crippen LogP contribution is -2.43. The SMILES string of the molecule is CCN(Cc1ccccc1Cl)C(=O)[C@@H]1CCCN1. The Morgan fingerprint density at radius 2 is 2.28 bits per heavy atom. The highest BCUT2D eigenvalue weighted by Crippen LogP contribution is 2.18. The molecule has 1 N–H and O–H groups in total. The Balaban J connectivity index is 2.05. The fraction of sp³-hybridized carbons (Fsp3) is 0.500. The maximum absolute atomic E-state index is 12.3. The topological polar surface area (TPSA) is 32.3 Å². The average molecular weight is 267 g/mol. The third-order valence-corrected chi connectivity index (χ3v) is 3.74. The molecular formula is C14H19ClN2O. The summed E-state index contributed by atoms with van der Waals surface area (Å²) in [5.74, 6) is 0.190. The highest BCUT2D eigenvalue weighted by molar-refractivity contribution is 6.31. The van der Waals surface area contributed by atoms with Crippen LogP contribution in [0.15, 0.2) is 24.3 Å². The van der Waals surface area contributed by atoms with Crippen LogP contribution in [0.2, 0.25) is 5.02 Å². The first-order valence-corrected chi connectivity index (χ1v) is 6.85. The van der Waals surface area contributed by atoms with Gasteiger partial charge < -0.3 is 10.2 Å². The zero-order chi connectivity index (χ0) is 13.0. The molecule has 0 aliphatic carbocycles. The molecule has 0 aromatic heterocycles. The van der Waals surface area contributed by atoms with Crippen molar-refractivity contribution in [1.82, 2.24) is 10.2 Å². The fourth-order valence-electron chi connectivity index (χ4n) is 2.29. The zero-order valence-electron chi connectivity index (χ0n) is 10.7. The number of rotatable bonds is 4. The molecule has 1 aromatic rings. The number of carbonyl (C=O) groups excluding carboxylic acids is 1. The molecule has 1 amide bonds. The molecule has 1 atom stereocenters. The second-order valence-electron chi connectivity index (χ2n) is 4.59. The predicted octanol–water partition coefficient (Wildman–Crippen LogP) is 2.44. The number of hydrogen-bond donors (Lipinski definition) is 1. The molecule has 0 radical (unpaired) electrons. The Labute approximate surface area is 113 Å². The summed E-state index contributed by atoms with van der Waals surface area (Å²) in [7, 11) is 0. The van der Waals surface area contributed by atoms with Gasteiger partial charge in [-0.1, -0.05) is 29.8 Å². The van der Waals surface area contributed by atoms with E-state index in [1.54, 1.807) is 0 Å². The lowest BCUT2D eigenvalue weighted by molar-refractivity contribution is -0.133. The van der Waals surface area contributed by atoms with Crippen LogP contribution in [-0.2, 0) is 11.3 Å². The Morgan fingerprint density at radius 3 is 2.89 bits per heavy atom. The molecule has 18 heavy (non-hydrogen) atoms. The molecule has 98 valence electrons. The van der Waals surface area contributed by atoms with Crippen molar-refractivity contribution in [3.8, 4) is 0 Å². The van der Waals surface area contributed by atoms with Gasteiger partial charge in [0.25, 0.3) is 0 Å². The van der Waals surface area contributed by atoms with Gasteiger partial charge in [-0.3, -0.25) is 4.79 Å². The second-order valence-corrected chi connectivity index (χ2v) is 5.00. The minimum atomic E-state index is -0.00700. The number of carbonyl (C=O) groups is 1. The van der Waals surface area contributed by atoms with Gasteiger partial charge in [0, 0.05) is 18.1 Å². The standard InChI is InChI=1S/C14H19ClN2O/c1-2-17(14(18)13-8-5-9-16-13)10-11-6-3-4-7-12(11)15/h3-4,6-7,13,16H,2,5,8-10H2,1H3/t13-/m0/s1. The normalized spacial score (nSPS) is 18.9. The van der Waals surface area contributed by atoms with E-state index in [4.69, 9.17) is 11.6 Å². The van der Waals surface area contributed by atoms with E-state index < -0.39 is 0 Å². The van der Waals surface area contributed by atoms with Crippen LogP contribution in [0.25, 0.3) is 0 Å². The molecule has 4 heteroatoms. The van der Waals surface area contributed by atoms with Crippen LogP contribution in [0.3, 0.4) is 0 Å². The molecule has 1 aliphatic heterocycles. The van der Waals surface area contributed by atoms with Crippen molar-refractivity contribution in [2.45, 2.75) is 32.4 Å². The Morgan fingerprint density at radius 1 is 1.50 bits per heavy atom. The Kier molecular flexibility index (Phi) is 4.61. The summed E-state index contributed by atoms with van der Waals surface area (Å²) in [5.41, 5.74) is 1.01. The minimum Gasteiger partial charge on any atom is -0.337 e. The number of likely N-dealkylation sites (N-methyl/N-ethyl adjacent to an activating group) is 1. The lowest BCUT2D eigenvalue weighted by Gasteiger charge is -2.24. The zero-order valence-corrected chi connectivity index (χ0v) is 11.4. The number of halogens is 1. The first-order valence-electron chi connectivity index (χ1n) is 6.48. The third kappa shape index (κ3) is 3.03. The number of nitrogens with zero attached hydrogens (tertiary/aromatic N) is 1. The maximum Gasteiger partial charge on any atom is 0.239 e. The van der Waals surface area contributed by atoms with Gasteiger partial charge in [-0.2, -0.15) is 0 Å². The number of nitrogens with one attached hydrogen (secondary N) is 1. The van der Waals surface area contributed by atoms with Crippen molar-refractivity contribution in [2.24, 2.45) is 0 Å². The van der Waals surface area contributed by atoms with Gasteiger partial charge >= 0.3 is 0 Å². The van der Waals surface area contributed by atoms with Crippen LogP contribution in [0.4, 0.5) is 0 Å². The smallest absolute Gasteiger partial charge is 0.239 e.